The monoisotopic (exact) mass is 860 g/mol. The minimum Gasteiger partial charge on any atom is -0.488 e. The van der Waals surface area contributed by atoms with E-state index in [1.165, 1.54) is 140 Å². The molecule has 0 N–H and O–H groups in total. The summed E-state index contributed by atoms with van der Waals surface area (Å²) in [4.78, 5) is 3.65. The smallest absolute Gasteiger partial charge is 0.262 e. The minimum absolute atomic E-state index is 0.379. The zero-order chi connectivity index (χ0) is 41.0. The average molecular weight is 861 g/mol. The van der Waals surface area contributed by atoms with Crippen LogP contribution in [0, 0.1) is 0 Å². The summed E-state index contributed by atoms with van der Waals surface area (Å²) in [7, 11) is 0. The second-order valence-corrected chi connectivity index (χ2v) is 18.5. The Morgan fingerprint density at radius 2 is 0.814 bits per heavy atom. The lowest BCUT2D eigenvalue weighted by molar-refractivity contribution is 0.261. The van der Waals surface area contributed by atoms with Gasteiger partial charge in [0.25, 0.3) is 11.8 Å². The van der Waals surface area contributed by atoms with Crippen molar-refractivity contribution in [3.63, 3.8) is 0 Å². The van der Waals surface area contributed by atoms with E-state index in [1.807, 2.05) is 47.2 Å². The van der Waals surface area contributed by atoms with Gasteiger partial charge in [-0.3, -0.25) is 0 Å². The van der Waals surface area contributed by atoms with Crippen LogP contribution in [0.1, 0.15) is 189 Å². The molecule has 0 spiro atoms. The minimum atomic E-state index is 0.379. The summed E-state index contributed by atoms with van der Waals surface area (Å²) >= 11 is 4.75. The molecule has 5 rings (SSSR count). The first kappa shape index (κ1) is 46.5. The molecular formula is C48H68N4O4S3. The molecule has 0 saturated heterocycles. The van der Waals surface area contributed by atoms with Gasteiger partial charge in [0, 0.05) is 21.9 Å². The van der Waals surface area contributed by atoms with Crippen LogP contribution in [0.4, 0.5) is 0 Å². The molecule has 0 fully saturated rings. The van der Waals surface area contributed by atoms with Crippen molar-refractivity contribution in [2.75, 3.05) is 13.2 Å². The molecule has 8 nitrogen and oxygen atoms in total. The van der Waals surface area contributed by atoms with Crippen LogP contribution in [0.15, 0.2) is 43.9 Å². The maximum atomic E-state index is 6.65. The first-order valence-electron chi connectivity index (χ1n) is 22.8. The number of thiophene rings is 3. The van der Waals surface area contributed by atoms with Crippen molar-refractivity contribution in [2.45, 2.75) is 168 Å². The maximum absolute atomic E-state index is 6.65. The van der Waals surface area contributed by atoms with Crippen LogP contribution in [0.25, 0.3) is 45.8 Å². The molecule has 11 heteroatoms. The molecule has 322 valence electrons. The van der Waals surface area contributed by atoms with Crippen molar-refractivity contribution >= 4 is 58.3 Å². The molecule has 0 aromatic carbocycles. The lowest BCUT2D eigenvalue weighted by Gasteiger charge is -2.11. The van der Waals surface area contributed by atoms with Crippen molar-refractivity contribution < 1.29 is 18.3 Å². The molecule has 59 heavy (non-hydrogen) atoms. The van der Waals surface area contributed by atoms with Crippen LogP contribution < -0.4 is 9.47 Å². The zero-order valence-electron chi connectivity index (χ0n) is 35.8. The Bertz CT molecular complexity index is 1710. The highest BCUT2D eigenvalue weighted by Gasteiger charge is 2.29. The maximum Gasteiger partial charge on any atom is 0.262 e. The van der Waals surface area contributed by atoms with Crippen LogP contribution in [0.3, 0.4) is 0 Å². The zero-order valence-corrected chi connectivity index (χ0v) is 38.3. The number of nitrogens with zero attached hydrogens (tertiary/aromatic N) is 4. The van der Waals surface area contributed by atoms with Crippen molar-refractivity contribution in [3.8, 4) is 33.0 Å². The van der Waals surface area contributed by atoms with E-state index >= 15 is 0 Å². The molecule has 0 aliphatic carbocycles. The molecule has 0 unspecified atom stereocenters. The molecule has 0 aliphatic rings. The quantitative estimate of drug-likeness (QED) is 0.0377. The Labute approximate surface area is 366 Å². The predicted octanol–water partition coefficient (Wildman–Crippen LogP) is 16.5. The molecular weight excluding hydrogens is 793 g/mol. The van der Waals surface area contributed by atoms with Gasteiger partial charge < -0.3 is 18.3 Å². The first-order valence-corrected chi connectivity index (χ1v) is 25.4. The Kier molecular flexibility index (Phi) is 22.7. The lowest BCUT2D eigenvalue weighted by Crippen LogP contribution is -2.03. The summed E-state index contributed by atoms with van der Waals surface area (Å²) in [5.74, 6) is 2.83. The van der Waals surface area contributed by atoms with Crippen LogP contribution in [-0.4, -0.2) is 33.6 Å². The van der Waals surface area contributed by atoms with Gasteiger partial charge in [-0.1, -0.05) is 167 Å². The number of rotatable bonds is 34. The highest BCUT2D eigenvalue weighted by atomic mass is 32.1. The molecule has 0 bridgehead atoms. The van der Waals surface area contributed by atoms with Gasteiger partial charge in [0.05, 0.1) is 13.2 Å². The van der Waals surface area contributed by atoms with E-state index in [2.05, 4.69) is 46.4 Å². The van der Waals surface area contributed by atoms with Crippen molar-refractivity contribution in [3.05, 3.63) is 56.6 Å². The number of ether oxygens (including phenoxy) is 2. The summed E-state index contributed by atoms with van der Waals surface area (Å²) in [5.41, 5.74) is 0. The molecule has 5 aromatic rings. The molecule has 0 amide bonds. The van der Waals surface area contributed by atoms with Gasteiger partial charge in [0.1, 0.15) is 9.75 Å². The van der Waals surface area contributed by atoms with Crippen LogP contribution in [0.5, 0.6) is 11.5 Å². The number of hydrogen-bond donors (Lipinski definition) is 0. The van der Waals surface area contributed by atoms with Gasteiger partial charge >= 0.3 is 0 Å². The van der Waals surface area contributed by atoms with Gasteiger partial charge in [0.15, 0.2) is 11.5 Å². The first-order chi connectivity index (χ1) is 29.2. The summed E-state index contributed by atoms with van der Waals surface area (Å²) < 4.78 is 25.8. The normalized spacial score (nSPS) is 11.8. The van der Waals surface area contributed by atoms with Gasteiger partial charge in [-0.2, -0.15) is 0 Å². The van der Waals surface area contributed by atoms with Crippen molar-refractivity contribution in [1.29, 1.82) is 0 Å². The van der Waals surface area contributed by atoms with E-state index in [-0.39, 0.29) is 0 Å². The summed E-state index contributed by atoms with van der Waals surface area (Å²) in [6, 6.07) is 8.16. The molecule has 0 radical (unpaired) electrons. The van der Waals surface area contributed by atoms with E-state index in [9.17, 15) is 0 Å². The molecule has 0 aliphatic heterocycles. The van der Waals surface area contributed by atoms with Gasteiger partial charge in [-0.25, -0.2) is 0 Å². The van der Waals surface area contributed by atoms with E-state index < -0.39 is 0 Å². The molecule has 0 saturated carbocycles. The van der Waals surface area contributed by atoms with E-state index in [0.29, 0.717) is 58.0 Å². The molecule has 5 heterocycles. The fraction of sp³-hybridized carbons (Fsp3) is 0.583. The van der Waals surface area contributed by atoms with Gasteiger partial charge in [-0.15, -0.1) is 54.4 Å². The summed E-state index contributed by atoms with van der Waals surface area (Å²) in [6.45, 7) is 5.69. The molecule has 0 atom stereocenters. The topological polar surface area (TPSA) is 96.3 Å². The van der Waals surface area contributed by atoms with E-state index in [4.69, 9.17) is 18.3 Å². The Morgan fingerprint density at radius 1 is 0.458 bits per heavy atom. The van der Waals surface area contributed by atoms with Gasteiger partial charge in [-0.05, 0) is 47.9 Å². The third-order valence-electron chi connectivity index (χ3n) is 10.4. The second kappa shape index (κ2) is 28.8. The lowest BCUT2D eigenvalue weighted by atomic mass is 10.1. The van der Waals surface area contributed by atoms with Crippen LogP contribution in [0.2, 0.25) is 0 Å². The molecule has 5 aromatic heterocycles. The Balaban J connectivity index is 1.24. The van der Waals surface area contributed by atoms with E-state index in [0.717, 1.165) is 35.4 Å². The van der Waals surface area contributed by atoms with Crippen LogP contribution >= 0.6 is 34.0 Å². The van der Waals surface area contributed by atoms with Crippen molar-refractivity contribution in [2.24, 2.45) is 0 Å². The predicted molar refractivity (Wildman–Crippen MR) is 251 cm³/mol. The summed E-state index contributed by atoms with van der Waals surface area (Å²) in [6.07, 6.45) is 38.6. The third kappa shape index (κ3) is 17.5. The highest BCUT2D eigenvalue weighted by Crippen LogP contribution is 2.52. The van der Waals surface area contributed by atoms with E-state index in [1.54, 1.807) is 22.7 Å². The SMILES string of the molecule is CCCCCCCCCCCCCCOc1c(-c2nnc(/C=C/c3cccs3)o2)sc(-c2nnc(/C=C/c3cccs3)o2)c1OCCCCCCCCCCCCCC. The largest absolute Gasteiger partial charge is 0.488 e. The van der Waals surface area contributed by atoms with Crippen molar-refractivity contribution in [1.82, 2.24) is 20.4 Å². The third-order valence-corrected chi connectivity index (χ3v) is 13.3. The number of hydrogen-bond acceptors (Lipinski definition) is 11. The summed E-state index contributed by atoms with van der Waals surface area (Å²) in [5, 5.41) is 21.8. The fourth-order valence-electron chi connectivity index (χ4n) is 7.05. The average Bonchev–Trinajstić information content (AvgIpc) is 4.11. The number of unbranched alkanes of at least 4 members (excludes halogenated alkanes) is 22. The second-order valence-electron chi connectivity index (χ2n) is 15.5. The standard InChI is InChI=1S/C48H68N4O4S3/c1-3-5-7-9-11-13-15-17-19-21-23-25-35-53-43-44(54-36-26-24-22-20-18-16-14-12-10-8-6-4-2)46(48-52-50-42(56-48)34-32-40-30-28-38-58-40)59-45(43)47-51-49-41(55-47)33-31-39-29-27-37-57-39/h27-34,37-38H,3-26,35-36H2,1-2H3/b33-31+,34-32+. The highest BCUT2D eigenvalue weighted by molar-refractivity contribution is 7.19. The van der Waals surface area contributed by atoms with Crippen LogP contribution in [-0.2, 0) is 0 Å². The fourth-order valence-corrected chi connectivity index (χ4v) is 9.31. The number of aromatic nitrogens is 4. The van der Waals surface area contributed by atoms with Gasteiger partial charge in [0.2, 0.25) is 11.8 Å². The Morgan fingerprint density at radius 3 is 1.15 bits per heavy atom. The Hall–Kier alpha value is -3.54.